The second-order valence-electron chi connectivity index (χ2n) is 7.37. The van der Waals surface area contributed by atoms with E-state index in [-0.39, 0.29) is 24.1 Å². The van der Waals surface area contributed by atoms with Gasteiger partial charge in [-0.25, -0.2) is 4.68 Å². The lowest BCUT2D eigenvalue weighted by atomic mass is 10.0. The predicted molar refractivity (Wildman–Crippen MR) is 109 cm³/mol. The summed E-state index contributed by atoms with van der Waals surface area (Å²) in [6.07, 6.45) is 0. The highest BCUT2D eigenvalue weighted by Gasteiger charge is 2.30. The molecule has 0 radical (unpaired) electrons. The standard InChI is InChI=1S/C22H24N4O2/c1-16-18-10-6-7-11-19(18)22(28)26(23-16)15-21(27)25-13-12-24(2)14-20(25)17-8-4-3-5-9-17/h3-11,20H,12-15H2,1-2H3. The molecule has 2 aromatic carbocycles. The molecular weight excluding hydrogens is 352 g/mol. The molecule has 0 N–H and O–H groups in total. The first-order valence-corrected chi connectivity index (χ1v) is 9.54. The van der Waals surface area contributed by atoms with Crippen molar-refractivity contribution in [2.24, 2.45) is 0 Å². The molecule has 28 heavy (non-hydrogen) atoms. The number of hydrogen-bond donors (Lipinski definition) is 0. The molecule has 2 heterocycles. The Bertz CT molecular complexity index is 1060. The normalized spacial score (nSPS) is 17.8. The second-order valence-corrected chi connectivity index (χ2v) is 7.37. The Labute approximate surface area is 164 Å². The van der Waals surface area contributed by atoms with Gasteiger partial charge in [0.15, 0.2) is 0 Å². The molecule has 0 aliphatic carbocycles. The summed E-state index contributed by atoms with van der Waals surface area (Å²) < 4.78 is 1.31. The Morgan fingerprint density at radius 3 is 2.46 bits per heavy atom. The van der Waals surface area contributed by atoms with Gasteiger partial charge in [0.1, 0.15) is 6.54 Å². The van der Waals surface area contributed by atoms with E-state index in [0.29, 0.717) is 11.9 Å². The van der Waals surface area contributed by atoms with Crippen LogP contribution >= 0.6 is 0 Å². The highest BCUT2D eigenvalue weighted by atomic mass is 16.2. The lowest BCUT2D eigenvalue weighted by Crippen LogP contribution is -2.50. The monoisotopic (exact) mass is 376 g/mol. The molecule has 1 aliphatic rings. The van der Waals surface area contributed by atoms with Crippen LogP contribution in [0, 0.1) is 6.92 Å². The number of likely N-dealkylation sites (N-methyl/N-ethyl adjacent to an activating group) is 1. The van der Waals surface area contributed by atoms with E-state index in [9.17, 15) is 9.59 Å². The maximum Gasteiger partial charge on any atom is 0.275 e. The SMILES string of the molecule is Cc1nn(CC(=O)N2CCN(C)CC2c2ccccc2)c(=O)c2ccccc12. The average molecular weight is 376 g/mol. The number of carbonyl (C=O) groups excluding carboxylic acids is 1. The van der Waals surface area contributed by atoms with Crippen LogP contribution in [-0.2, 0) is 11.3 Å². The lowest BCUT2D eigenvalue weighted by molar-refractivity contribution is -0.137. The number of fused-ring (bicyclic) bond motifs is 1. The van der Waals surface area contributed by atoms with Crippen molar-refractivity contribution in [2.75, 3.05) is 26.7 Å². The number of rotatable bonds is 3. The minimum Gasteiger partial charge on any atom is -0.331 e. The van der Waals surface area contributed by atoms with Crippen LogP contribution in [0.25, 0.3) is 10.8 Å². The number of nitrogens with zero attached hydrogens (tertiary/aromatic N) is 4. The lowest BCUT2D eigenvalue weighted by Gasteiger charge is -2.40. The van der Waals surface area contributed by atoms with Crippen molar-refractivity contribution < 1.29 is 4.79 Å². The number of benzene rings is 2. The summed E-state index contributed by atoms with van der Waals surface area (Å²) in [6.45, 7) is 4.04. The largest absolute Gasteiger partial charge is 0.331 e. The van der Waals surface area contributed by atoms with Gasteiger partial charge in [0.25, 0.3) is 5.56 Å². The summed E-state index contributed by atoms with van der Waals surface area (Å²) >= 11 is 0. The van der Waals surface area contributed by atoms with E-state index in [2.05, 4.69) is 29.2 Å². The number of aromatic nitrogens is 2. The zero-order valence-corrected chi connectivity index (χ0v) is 16.2. The molecule has 4 rings (SSSR count). The molecule has 1 unspecified atom stereocenters. The summed E-state index contributed by atoms with van der Waals surface area (Å²) in [5, 5.41) is 5.82. The van der Waals surface area contributed by atoms with E-state index in [1.165, 1.54) is 4.68 Å². The summed E-state index contributed by atoms with van der Waals surface area (Å²) in [4.78, 5) is 30.1. The first kappa shape index (κ1) is 18.4. The fourth-order valence-electron chi connectivity index (χ4n) is 3.91. The molecule has 1 amide bonds. The molecule has 0 spiro atoms. The molecule has 6 nitrogen and oxygen atoms in total. The Balaban J connectivity index is 1.65. The molecule has 1 aliphatic heterocycles. The fourth-order valence-corrected chi connectivity index (χ4v) is 3.91. The summed E-state index contributed by atoms with van der Waals surface area (Å²) in [6, 6.07) is 17.4. The third-order valence-corrected chi connectivity index (χ3v) is 5.43. The van der Waals surface area contributed by atoms with Crippen molar-refractivity contribution in [3.05, 3.63) is 76.2 Å². The predicted octanol–water partition coefficient (Wildman–Crippen LogP) is 2.22. The van der Waals surface area contributed by atoms with Gasteiger partial charge in [-0.15, -0.1) is 0 Å². The molecule has 0 saturated carbocycles. The van der Waals surface area contributed by atoms with Crippen LogP contribution in [-0.4, -0.2) is 52.2 Å². The Morgan fingerprint density at radius 1 is 1.04 bits per heavy atom. The van der Waals surface area contributed by atoms with Gasteiger partial charge < -0.3 is 9.80 Å². The van der Waals surface area contributed by atoms with Gasteiger partial charge in [-0.1, -0.05) is 48.5 Å². The van der Waals surface area contributed by atoms with Gasteiger partial charge in [0.2, 0.25) is 5.91 Å². The summed E-state index contributed by atoms with van der Waals surface area (Å²) in [5.74, 6) is -0.0776. The zero-order valence-electron chi connectivity index (χ0n) is 16.2. The van der Waals surface area contributed by atoms with Crippen molar-refractivity contribution in [3.8, 4) is 0 Å². The van der Waals surface area contributed by atoms with Gasteiger partial charge in [0.05, 0.1) is 17.1 Å². The van der Waals surface area contributed by atoms with E-state index in [1.54, 1.807) is 6.07 Å². The summed E-state index contributed by atoms with van der Waals surface area (Å²) in [7, 11) is 2.07. The minimum atomic E-state index is -0.222. The highest BCUT2D eigenvalue weighted by Crippen LogP contribution is 2.25. The minimum absolute atomic E-state index is 0.0234. The molecule has 1 saturated heterocycles. The van der Waals surface area contributed by atoms with Crippen LogP contribution < -0.4 is 5.56 Å². The van der Waals surface area contributed by atoms with Crippen LogP contribution in [0.2, 0.25) is 0 Å². The van der Waals surface area contributed by atoms with Crippen molar-refractivity contribution in [1.82, 2.24) is 19.6 Å². The zero-order chi connectivity index (χ0) is 19.7. The smallest absolute Gasteiger partial charge is 0.275 e. The number of hydrogen-bond acceptors (Lipinski definition) is 4. The van der Waals surface area contributed by atoms with Crippen LogP contribution in [0.3, 0.4) is 0 Å². The first-order chi connectivity index (χ1) is 13.5. The maximum atomic E-state index is 13.2. The molecule has 1 atom stereocenters. The molecular formula is C22H24N4O2. The Hall–Kier alpha value is -2.99. The summed E-state index contributed by atoms with van der Waals surface area (Å²) in [5.41, 5.74) is 1.64. The molecule has 6 heteroatoms. The van der Waals surface area contributed by atoms with Gasteiger partial charge >= 0.3 is 0 Å². The average Bonchev–Trinajstić information content (AvgIpc) is 2.72. The van der Waals surface area contributed by atoms with Crippen LogP contribution in [0.15, 0.2) is 59.4 Å². The third kappa shape index (κ3) is 3.43. The van der Waals surface area contributed by atoms with Gasteiger partial charge in [0, 0.05) is 25.0 Å². The highest BCUT2D eigenvalue weighted by molar-refractivity contribution is 5.83. The third-order valence-electron chi connectivity index (χ3n) is 5.43. The van der Waals surface area contributed by atoms with Gasteiger partial charge in [-0.2, -0.15) is 5.10 Å². The quantitative estimate of drug-likeness (QED) is 0.703. The first-order valence-electron chi connectivity index (χ1n) is 9.54. The van der Waals surface area contributed by atoms with Crippen molar-refractivity contribution in [2.45, 2.75) is 19.5 Å². The fraction of sp³-hybridized carbons (Fsp3) is 0.318. The number of carbonyl (C=O) groups is 1. The molecule has 1 aromatic heterocycles. The molecule has 3 aromatic rings. The van der Waals surface area contributed by atoms with E-state index in [1.807, 2.05) is 48.2 Å². The van der Waals surface area contributed by atoms with Crippen LogP contribution in [0.5, 0.6) is 0 Å². The van der Waals surface area contributed by atoms with E-state index in [0.717, 1.165) is 29.7 Å². The van der Waals surface area contributed by atoms with Crippen molar-refractivity contribution >= 4 is 16.7 Å². The molecule has 144 valence electrons. The van der Waals surface area contributed by atoms with Crippen LogP contribution in [0.4, 0.5) is 0 Å². The second kappa shape index (κ2) is 7.56. The number of aryl methyl sites for hydroxylation is 1. The maximum absolute atomic E-state index is 13.2. The Kier molecular flexibility index (Phi) is 4.96. The van der Waals surface area contributed by atoms with Gasteiger partial charge in [-0.05, 0) is 25.6 Å². The molecule has 1 fully saturated rings. The van der Waals surface area contributed by atoms with E-state index in [4.69, 9.17) is 0 Å². The van der Waals surface area contributed by atoms with Crippen molar-refractivity contribution in [3.63, 3.8) is 0 Å². The number of amides is 1. The van der Waals surface area contributed by atoms with E-state index >= 15 is 0 Å². The van der Waals surface area contributed by atoms with Crippen molar-refractivity contribution in [1.29, 1.82) is 0 Å². The molecule has 0 bridgehead atoms. The Morgan fingerprint density at radius 2 is 1.71 bits per heavy atom. The van der Waals surface area contributed by atoms with E-state index < -0.39 is 0 Å². The topological polar surface area (TPSA) is 58.4 Å². The van der Waals surface area contributed by atoms with Crippen LogP contribution in [0.1, 0.15) is 17.3 Å². The number of piperazine rings is 1. The van der Waals surface area contributed by atoms with Gasteiger partial charge in [-0.3, -0.25) is 9.59 Å².